The van der Waals surface area contributed by atoms with Crippen LogP contribution in [0.1, 0.15) is 0 Å². The van der Waals surface area contributed by atoms with E-state index in [9.17, 15) is 0 Å². The van der Waals surface area contributed by atoms with Gasteiger partial charge in [0, 0.05) is 55.2 Å². The summed E-state index contributed by atoms with van der Waals surface area (Å²) >= 11 is 0. The molecular formula is C51H33N5. The highest BCUT2D eigenvalue weighted by Gasteiger charge is 2.23. The van der Waals surface area contributed by atoms with E-state index in [-0.39, 0.29) is 0 Å². The summed E-state index contributed by atoms with van der Waals surface area (Å²) in [5.41, 5.74) is 11.8. The van der Waals surface area contributed by atoms with E-state index < -0.39 is 0 Å². The number of hydrogen-bond acceptors (Lipinski definition) is 3. The van der Waals surface area contributed by atoms with E-state index in [1.165, 1.54) is 16.3 Å². The molecule has 0 fully saturated rings. The predicted octanol–water partition coefficient (Wildman–Crippen LogP) is 12.7. The average Bonchev–Trinajstić information content (AvgIpc) is 3.80. The first-order chi connectivity index (χ1) is 27.8. The summed E-state index contributed by atoms with van der Waals surface area (Å²) in [5.74, 6) is 1.89. The van der Waals surface area contributed by atoms with Crippen LogP contribution in [0.5, 0.6) is 0 Å². The van der Waals surface area contributed by atoms with Gasteiger partial charge >= 0.3 is 0 Å². The number of aromatic nitrogens is 5. The van der Waals surface area contributed by atoms with Crippen molar-refractivity contribution < 1.29 is 0 Å². The summed E-state index contributed by atoms with van der Waals surface area (Å²) in [5, 5.41) is 4.69. The van der Waals surface area contributed by atoms with Crippen LogP contribution in [0.4, 0.5) is 0 Å². The molecule has 0 aliphatic rings. The van der Waals surface area contributed by atoms with E-state index in [1.807, 2.05) is 36.4 Å². The molecule has 3 heterocycles. The molecule has 0 aliphatic carbocycles. The Morgan fingerprint density at radius 2 is 0.750 bits per heavy atom. The SMILES string of the molecule is c1ccc(-c2nc(-c3ccccc3)nc(-c3ccc4c(c3-c3ccc5c(c3)c3ccccc3n5-c3ccccc3)c3ccccc3n4-c3ccccc3)n2)cc1. The minimum atomic E-state index is 0.623. The molecule has 5 nitrogen and oxygen atoms in total. The summed E-state index contributed by atoms with van der Waals surface area (Å²) in [6.07, 6.45) is 0. The maximum absolute atomic E-state index is 5.26. The highest BCUT2D eigenvalue weighted by Crippen LogP contribution is 2.45. The first-order valence-corrected chi connectivity index (χ1v) is 18.9. The van der Waals surface area contributed by atoms with Crippen molar-refractivity contribution in [2.45, 2.75) is 0 Å². The standard InChI is InChI=1S/C51H33N5/c1-5-17-34(18-6-1)49-52-50(35-19-7-2-8-20-35)54-51(53-49)41-30-32-46-48(40-26-14-16-28-44(40)56(46)38-23-11-4-12-24-38)47(41)36-29-31-45-42(33-36)39-25-13-15-27-43(39)55(45)37-21-9-3-10-22-37/h1-33H. The number of benzene rings is 8. The third-order valence-electron chi connectivity index (χ3n) is 10.8. The zero-order chi connectivity index (χ0) is 37.0. The van der Waals surface area contributed by atoms with Crippen molar-refractivity contribution in [3.05, 3.63) is 200 Å². The second-order valence-corrected chi connectivity index (χ2v) is 14.0. The lowest BCUT2D eigenvalue weighted by Crippen LogP contribution is -2.01. The van der Waals surface area contributed by atoms with Gasteiger partial charge in [-0.05, 0) is 66.2 Å². The predicted molar refractivity (Wildman–Crippen MR) is 230 cm³/mol. The number of fused-ring (bicyclic) bond motifs is 6. The van der Waals surface area contributed by atoms with Gasteiger partial charge in [-0.15, -0.1) is 0 Å². The molecule has 0 saturated heterocycles. The monoisotopic (exact) mass is 715 g/mol. The van der Waals surface area contributed by atoms with Crippen molar-refractivity contribution in [3.8, 4) is 56.7 Å². The molecule has 11 aromatic rings. The summed E-state index contributed by atoms with van der Waals surface area (Å²) in [4.78, 5) is 15.6. The molecule has 0 spiro atoms. The van der Waals surface area contributed by atoms with Crippen molar-refractivity contribution in [2.75, 3.05) is 0 Å². The Kier molecular flexibility index (Phi) is 7.42. The number of para-hydroxylation sites is 4. The van der Waals surface area contributed by atoms with Gasteiger partial charge in [-0.1, -0.05) is 140 Å². The largest absolute Gasteiger partial charge is 0.309 e. The summed E-state index contributed by atoms with van der Waals surface area (Å²) < 4.78 is 4.73. The van der Waals surface area contributed by atoms with Crippen molar-refractivity contribution in [2.24, 2.45) is 0 Å². The third kappa shape index (κ3) is 5.13. The molecule has 3 aromatic heterocycles. The lowest BCUT2D eigenvalue weighted by atomic mass is 9.92. The highest BCUT2D eigenvalue weighted by molar-refractivity contribution is 6.20. The van der Waals surface area contributed by atoms with Gasteiger partial charge in [-0.2, -0.15) is 0 Å². The van der Waals surface area contributed by atoms with Gasteiger partial charge in [0.2, 0.25) is 0 Å². The van der Waals surface area contributed by atoms with Crippen LogP contribution in [0.15, 0.2) is 200 Å². The molecule has 0 aliphatic heterocycles. The van der Waals surface area contributed by atoms with Crippen molar-refractivity contribution in [1.82, 2.24) is 24.1 Å². The van der Waals surface area contributed by atoms with Crippen LogP contribution >= 0.6 is 0 Å². The van der Waals surface area contributed by atoms with Crippen LogP contribution in [0.3, 0.4) is 0 Å². The second kappa shape index (κ2) is 13.0. The van der Waals surface area contributed by atoms with E-state index in [2.05, 4.69) is 173 Å². The molecule has 0 unspecified atom stereocenters. The van der Waals surface area contributed by atoms with Crippen LogP contribution in [-0.2, 0) is 0 Å². The summed E-state index contributed by atoms with van der Waals surface area (Å²) in [6, 6.07) is 70.3. The van der Waals surface area contributed by atoms with E-state index in [4.69, 9.17) is 15.0 Å². The fraction of sp³-hybridized carbons (Fsp3) is 0. The van der Waals surface area contributed by atoms with Crippen LogP contribution < -0.4 is 0 Å². The van der Waals surface area contributed by atoms with Gasteiger partial charge in [0.05, 0.1) is 22.1 Å². The van der Waals surface area contributed by atoms with Crippen LogP contribution in [0.25, 0.3) is 100 Å². The Hall–Kier alpha value is -7.63. The number of hydrogen-bond donors (Lipinski definition) is 0. The van der Waals surface area contributed by atoms with E-state index in [0.717, 1.165) is 66.5 Å². The average molecular weight is 716 g/mol. The van der Waals surface area contributed by atoms with E-state index >= 15 is 0 Å². The van der Waals surface area contributed by atoms with Gasteiger partial charge < -0.3 is 9.13 Å². The fourth-order valence-electron chi connectivity index (χ4n) is 8.31. The minimum Gasteiger partial charge on any atom is -0.309 e. The quantitative estimate of drug-likeness (QED) is 0.172. The van der Waals surface area contributed by atoms with Crippen LogP contribution in [-0.4, -0.2) is 24.1 Å². The maximum atomic E-state index is 5.26. The normalized spacial score (nSPS) is 11.6. The van der Waals surface area contributed by atoms with Gasteiger partial charge in [-0.3, -0.25) is 0 Å². The van der Waals surface area contributed by atoms with Crippen LogP contribution in [0, 0.1) is 0 Å². The molecule has 11 rings (SSSR count). The lowest BCUT2D eigenvalue weighted by Gasteiger charge is -2.15. The molecule has 56 heavy (non-hydrogen) atoms. The van der Waals surface area contributed by atoms with Crippen molar-refractivity contribution in [1.29, 1.82) is 0 Å². The fourth-order valence-corrected chi connectivity index (χ4v) is 8.31. The smallest absolute Gasteiger partial charge is 0.164 e. The van der Waals surface area contributed by atoms with E-state index in [1.54, 1.807) is 0 Å². The van der Waals surface area contributed by atoms with Crippen molar-refractivity contribution in [3.63, 3.8) is 0 Å². The molecule has 5 heteroatoms. The molecular weight excluding hydrogens is 683 g/mol. The molecule has 0 atom stereocenters. The van der Waals surface area contributed by atoms with Gasteiger partial charge in [-0.25, -0.2) is 15.0 Å². The van der Waals surface area contributed by atoms with E-state index in [0.29, 0.717) is 17.5 Å². The van der Waals surface area contributed by atoms with Gasteiger partial charge in [0.15, 0.2) is 17.5 Å². The third-order valence-corrected chi connectivity index (χ3v) is 10.8. The second-order valence-electron chi connectivity index (χ2n) is 14.0. The zero-order valence-electron chi connectivity index (χ0n) is 30.3. The maximum Gasteiger partial charge on any atom is 0.164 e. The highest BCUT2D eigenvalue weighted by atomic mass is 15.0. The van der Waals surface area contributed by atoms with Crippen molar-refractivity contribution >= 4 is 43.6 Å². The number of nitrogens with zero attached hydrogens (tertiary/aromatic N) is 5. The Bertz CT molecular complexity index is 3160. The first-order valence-electron chi connectivity index (χ1n) is 18.9. The van der Waals surface area contributed by atoms with Gasteiger partial charge in [0.25, 0.3) is 0 Å². The first kappa shape index (κ1) is 31.9. The molecule has 0 radical (unpaired) electrons. The van der Waals surface area contributed by atoms with Crippen LogP contribution in [0.2, 0.25) is 0 Å². The number of rotatable bonds is 6. The molecule has 0 N–H and O–H groups in total. The molecule has 0 bridgehead atoms. The molecule has 262 valence electrons. The lowest BCUT2D eigenvalue weighted by molar-refractivity contribution is 1.07. The Morgan fingerprint density at radius 1 is 0.304 bits per heavy atom. The topological polar surface area (TPSA) is 48.5 Å². The summed E-state index contributed by atoms with van der Waals surface area (Å²) in [7, 11) is 0. The Morgan fingerprint density at radius 3 is 1.36 bits per heavy atom. The Labute approximate surface area is 323 Å². The Balaban J connectivity index is 1.26. The minimum absolute atomic E-state index is 0.623. The zero-order valence-corrected chi connectivity index (χ0v) is 30.3. The summed E-state index contributed by atoms with van der Waals surface area (Å²) in [6.45, 7) is 0. The molecule has 0 amide bonds. The van der Waals surface area contributed by atoms with Gasteiger partial charge in [0.1, 0.15) is 0 Å². The molecule has 0 saturated carbocycles. The molecule has 8 aromatic carbocycles.